The van der Waals surface area contributed by atoms with Crippen molar-refractivity contribution in [2.24, 2.45) is 11.8 Å². The number of nitrogens with one attached hydrogen (secondary N) is 1. The van der Waals surface area contributed by atoms with Crippen LogP contribution in [0.25, 0.3) is 0 Å². The normalized spacial score (nSPS) is 25.9. The van der Waals surface area contributed by atoms with Gasteiger partial charge in [0, 0.05) is 12.8 Å². The zero-order valence-electron chi connectivity index (χ0n) is 9.61. The van der Waals surface area contributed by atoms with Crippen LogP contribution in [0.15, 0.2) is 4.52 Å². The van der Waals surface area contributed by atoms with Crippen molar-refractivity contribution in [2.75, 3.05) is 13.1 Å². The molecule has 4 heteroatoms. The van der Waals surface area contributed by atoms with E-state index in [-0.39, 0.29) is 0 Å². The van der Waals surface area contributed by atoms with Gasteiger partial charge >= 0.3 is 0 Å². The first kappa shape index (κ1) is 10.3. The van der Waals surface area contributed by atoms with Gasteiger partial charge in [-0.3, -0.25) is 0 Å². The Bertz CT molecular complexity index is 340. The fraction of sp³-hybridized carbons (Fsp3) is 0.833. The minimum absolute atomic E-state index is 0.695. The SMILES string of the molecule is C1CNCC(Cc2noc(CC3CC3)n2)C1. The second kappa shape index (κ2) is 4.53. The molecule has 1 saturated carbocycles. The van der Waals surface area contributed by atoms with Gasteiger partial charge in [-0.1, -0.05) is 5.16 Å². The van der Waals surface area contributed by atoms with Gasteiger partial charge in [0.1, 0.15) is 0 Å². The molecule has 0 spiro atoms. The third kappa shape index (κ3) is 2.61. The van der Waals surface area contributed by atoms with Crippen molar-refractivity contribution >= 4 is 0 Å². The van der Waals surface area contributed by atoms with E-state index in [4.69, 9.17) is 4.52 Å². The summed E-state index contributed by atoms with van der Waals surface area (Å²) in [4.78, 5) is 4.48. The van der Waals surface area contributed by atoms with Gasteiger partial charge in [-0.15, -0.1) is 0 Å². The Labute approximate surface area is 95.8 Å². The van der Waals surface area contributed by atoms with Crippen LogP contribution in [0.2, 0.25) is 0 Å². The second-order valence-electron chi connectivity index (χ2n) is 5.17. The second-order valence-corrected chi connectivity index (χ2v) is 5.17. The highest BCUT2D eigenvalue weighted by atomic mass is 16.5. The highest BCUT2D eigenvalue weighted by molar-refractivity contribution is 4.93. The monoisotopic (exact) mass is 221 g/mol. The maximum absolute atomic E-state index is 5.28. The van der Waals surface area contributed by atoms with E-state index in [9.17, 15) is 0 Å². The number of hydrogen-bond donors (Lipinski definition) is 1. The van der Waals surface area contributed by atoms with Crippen LogP contribution in [-0.2, 0) is 12.8 Å². The fourth-order valence-electron chi connectivity index (χ4n) is 2.38. The van der Waals surface area contributed by atoms with Crippen LogP contribution in [0, 0.1) is 11.8 Å². The first-order valence-electron chi connectivity index (χ1n) is 6.42. The molecule has 88 valence electrons. The number of hydrogen-bond acceptors (Lipinski definition) is 4. The Kier molecular flexibility index (Phi) is 2.91. The predicted molar refractivity (Wildman–Crippen MR) is 60.0 cm³/mol. The van der Waals surface area contributed by atoms with Crippen LogP contribution >= 0.6 is 0 Å². The Balaban J connectivity index is 1.54. The van der Waals surface area contributed by atoms with Crippen molar-refractivity contribution in [3.63, 3.8) is 0 Å². The van der Waals surface area contributed by atoms with Gasteiger partial charge in [0.25, 0.3) is 0 Å². The van der Waals surface area contributed by atoms with Gasteiger partial charge in [0.2, 0.25) is 5.89 Å². The molecule has 0 aromatic carbocycles. The van der Waals surface area contributed by atoms with Crippen molar-refractivity contribution in [3.8, 4) is 0 Å². The average Bonchev–Trinajstić information content (AvgIpc) is 3.01. The van der Waals surface area contributed by atoms with Crippen LogP contribution in [0.1, 0.15) is 37.4 Å². The average molecular weight is 221 g/mol. The molecule has 1 N–H and O–H groups in total. The molecule has 1 aromatic heterocycles. The molecular weight excluding hydrogens is 202 g/mol. The lowest BCUT2D eigenvalue weighted by molar-refractivity contribution is 0.347. The Hall–Kier alpha value is -0.900. The molecule has 0 bridgehead atoms. The fourth-order valence-corrected chi connectivity index (χ4v) is 2.38. The zero-order chi connectivity index (χ0) is 10.8. The van der Waals surface area contributed by atoms with E-state index < -0.39 is 0 Å². The molecule has 16 heavy (non-hydrogen) atoms. The number of piperidine rings is 1. The van der Waals surface area contributed by atoms with E-state index in [1.54, 1.807) is 0 Å². The van der Waals surface area contributed by atoms with Crippen molar-refractivity contribution in [3.05, 3.63) is 11.7 Å². The van der Waals surface area contributed by atoms with Crippen LogP contribution in [0.4, 0.5) is 0 Å². The van der Waals surface area contributed by atoms with Crippen molar-refractivity contribution in [1.29, 1.82) is 0 Å². The molecule has 2 fully saturated rings. The van der Waals surface area contributed by atoms with E-state index in [2.05, 4.69) is 15.5 Å². The predicted octanol–water partition coefficient (Wildman–Crippen LogP) is 1.56. The molecule has 4 nitrogen and oxygen atoms in total. The molecule has 2 aliphatic rings. The van der Waals surface area contributed by atoms with Crippen molar-refractivity contribution in [1.82, 2.24) is 15.5 Å². The molecule has 1 aromatic rings. The summed E-state index contributed by atoms with van der Waals surface area (Å²) >= 11 is 0. The van der Waals surface area contributed by atoms with Gasteiger partial charge in [0.05, 0.1) is 0 Å². The smallest absolute Gasteiger partial charge is 0.226 e. The maximum atomic E-state index is 5.28. The molecule has 3 rings (SSSR count). The number of nitrogens with zero attached hydrogens (tertiary/aromatic N) is 2. The summed E-state index contributed by atoms with van der Waals surface area (Å²) in [6, 6.07) is 0. The topological polar surface area (TPSA) is 51.0 Å². The quantitative estimate of drug-likeness (QED) is 0.838. The minimum Gasteiger partial charge on any atom is -0.339 e. The van der Waals surface area contributed by atoms with E-state index in [1.807, 2.05) is 0 Å². The summed E-state index contributed by atoms with van der Waals surface area (Å²) in [6.45, 7) is 2.27. The maximum Gasteiger partial charge on any atom is 0.226 e. The summed E-state index contributed by atoms with van der Waals surface area (Å²) in [7, 11) is 0. The van der Waals surface area contributed by atoms with E-state index in [1.165, 1.54) is 25.7 Å². The first-order valence-corrected chi connectivity index (χ1v) is 6.42. The lowest BCUT2D eigenvalue weighted by Crippen LogP contribution is -2.31. The van der Waals surface area contributed by atoms with E-state index >= 15 is 0 Å². The minimum atomic E-state index is 0.695. The first-order chi connectivity index (χ1) is 7.90. The largest absolute Gasteiger partial charge is 0.339 e. The summed E-state index contributed by atoms with van der Waals surface area (Å²) in [5.41, 5.74) is 0. The van der Waals surface area contributed by atoms with E-state index in [0.29, 0.717) is 5.92 Å². The van der Waals surface area contributed by atoms with Gasteiger partial charge in [0.15, 0.2) is 5.82 Å². The lowest BCUT2D eigenvalue weighted by Gasteiger charge is -2.20. The highest BCUT2D eigenvalue weighted by Crippen LogP contribution is 2.32. The van der Waals surface area contributed by atoms with Crippen molar-refractivity contribution < 1.29 is 4.52 Å². The van der Waals surface area contributed by atoms with Gasteiger partial charge in [-0.25, -0.2) is 0 Å². The van der Waals surface area contributed by atoms with Crippen molar-refractivity contribution in [2.45, 2.75) is 38.5 Å². The third-order valence-electron chi connectivity index (χ3n) is 3.54. The molecule has 2 heterocycles. The molecule has 1 unspecified atom stereocenters. The summed E-state index contributed by atoms with van der Waals surface area (Å²) in [5, 5.41) is 7.50. The third-order valence-corrected chi connectivity index (χ3v) is 3.54. The molecule has 1 atom stereocenters. The summed E-state index contributed by atoms with van der Waals surface area (Å²) in [6.07, 6.45) is 7.21. The number of rotatable bonds is 4. The zero-order valence-corrected chi connectivity index (χ0v) is 9.61. The molecule has 0 radical (unpaired) electrons. The van der Waals surface area contributed by atoms with Gasteiger partial charge in [-0.2, -0.15) is 4.98 Å². The van der Waals surface area contributed by atoms with Gasteiger partial charge < -0.3 is 9.84 Å². The van der Waals surface area contributed by atoms with Gasteiger partial charge in [-0.05, 0) is 50.6 Å². The molecule has 1 aliphatic carbocycles. The highest BCUT2D eigenvalue weighted by Gasteiger charge is 2.25. The lowest BCUT2D eigenvalue weighted by atomic mass is 9.96. The standard InChI is InChI=1S/C12H19N3O/c1-2-10(8-13-5-1)6-11-14-12(16-15-11)7-9-3-4-9/h9-10,13H,1-8H2. The molecule has 1 saturated heterocycles. The van der Waals surface area contributed by atoms with Crippen LogP contribution < -0.4 is 5.32 Å². The summed E-state index contributed by atoms with van der Waals surface area (Å²) < 4.78 is 5.28. The Morgan fingerprint density at radius 1 is 1.19 bits per heavy atom. The molecule has 0 amide bonds. The van der Waals surface area contributed by atoms with E-state index in [0.717, 1.165) is 43.6 Å². The molecular formula is C12H19N3O. The van der Waals surface area contributed by atoms with Crippen LogP contribution in [-0.4, -0.2) is 23.2 Å². The van der Waals surface area contributed by atoms with Crippen LogP contribution in [0.5, 0.6) is 0 Å². The Morgan fingerprint density at radius 3 is 2.88 bits per heavy atom. The summed E-state index contributed by atoms with van der Waals surface area (Å²) in [5.74, 6) is 3.27. The Morgan fingerprint density at radius 2 is 2.12 bits per heavy atom. The van der Waals surface area contributed by atoms with Crippen LogP contribution in [0.3, 0.4) is 0 Å². The molecule has 1 aliphatic heterocycles. The number of aromatic nitrogens is 2.